The van der Waals surface area contributed by atoms with Crippen molar-refractivity contribution in [2.24, 2.45) is 0 Å². The first-order valence-corrected chi connectivity index (χ1v) is 9.73. The van der Waals surface area contributed by atoms with E-state index in [1.165, 1.54) is 12.1 Å². The van der Waals surface area contributed by atoms with Gasteiger partial charge in [-0.3, -0.25) is 4.79 Å². The van der Waals surface area contributed by atoms with E-state index in [1.807, 2.05) is 37.3 Å². The summed E-state index contributed by atoms with van der Waals surface area (Å²) in [5, 5.41) is 2.81. The van der Waals surface area contributed by atoms with Gasteiger partial charge >= 0.3 is 0 Å². The molecule has 0 radical (unpaired) electrons. The molecule has 134 valence electrons. The summed E-state index contributed by atoms with van der Waals surface area (Å²) in [7, 11) is -3.52. The summed E-state index contributed by atoms with van der Waals surface area (Å²) in [5.74, 6) is 0.00311. The summed E-state index contributed by atoms with van der Waals surface area (Å²) in [5.41, 5.74) is 1.69. The molecule has 0 aliphatic carbocycles. The SMILES string of the molecule is CC(C)NS(=O)(=O)c1ccc(NC(=O)CC(C)c2ccccc2)cc1. The van der Waals surface area contributed by atoms with E-state index in [1.54, 1.807) is 26.0 Å². The van der Waals surface area contributed by atoms with Crippen LogP contribution in [0.5, 0.6) is 0 Å². The minimum Gasteiger partial charge on any atom is -0.326 e. The molecule has 2 aromatic carbocycles. The van der Waals surface area contributed by atoms with E-state index in [-0.39, 0.29) is 22.8 Å². The quantitative estimate of drug-likeness (QED) is 0.793. The highest BCUT2D eigenvalue weighted by Gasteiger charge is 2.15. The number of anilines is 1. The molecule has 0 spiro atoms. The second kappa shape index (κ2) is 8.27. The molecule has 0 fully saturated rings. The molecule has 0 bridgehead atoms. The lowest BCUT2D eigenvalue weighted by molar-refractivity contribution is -0.116. The zero-order valence-corrected chi connectivity index (χ0v) is 15.5. The smallest absolute Gasteiger partial charge is 0.240 e. The molecule has 2 aromatic rings. The molecule has 0 saturated carbocycles. The fourth-order valence-electron chi connectivity index (χ4n) is 2.49. The van der Waals surface area contributed by atoms with Crippen LogP contribution in [-0.2, 0) is 14.8 Å². The lowest BCUT2D eigenvalue weighted by Crippen LogP contribution is -2.30. The summed E-state index contributed by atoms with van der Waals surface area (Å²) in [6.07, 6.45) is 0.360. The number of rotatable bonds is 7. The van der Waals surface area contributed by atoms with Crippen LogP contribution in [0.2, 0.25) is 0 Å². The number of benzene rings is 2. The molecule has 25 heavy (non-hydrogen) atoms. The van der Waals surface area contributed by atoms with Crippen LogP contribution in [-0.4, -0.2) is 20.4 Å². The van der Waals surface area contributed by atoms with Crippen molar-refractivity contribution in [1.82, 2.24) is 4.72 Å². The maximum Gasteiger partial charge on any atom is 0.240 e. The highest BCUT2D eigenvalue weighted by atomic mass is 32.2. The molecular formula is C19H24N2O3S. The van der Waals surface area contributed by atoms with E-state index in [4.69, 9.17) is 0 Å². The fraction of sp³-hybridized carbons (Fsp3) is 0.316. The lowest BCUT2D eigenvalue weighted by Gasteiger charge is -2.13. The summed E-state index contributed by atoms with van der Waals surface area (Å²) in [6.45, 7) is 5.53. The number of carbonyl (C=O) groups is 1. The van der Waals surface area contributed by atoms with Crippen molar-refractivity contribution < 1.29 is 13.2 Å². The van der Waals surface area contributed by atoms with Crippen LogP contribution in [0.4, 0.5) is 5.69 Å². The molecule has 0 aliphatic heterocycles. The highest BCUT2D eigenvalue weighted by molar-refractivity contribution is 7.89. The predicted octanol–water partition coefficient (Wildman–Crippen LogP) is 3.51. The number of amides is 1. The topological polar surface area (TPSA) is 75.3 Å². The van der Waals surface area contributed by atoms with Crippen LogP contribution < -0.4 is 10.0 Å². The van der Waals surface area contributed by atoms with Gasteiger partial charge in [0.05, 0.1) is 4.90 Å². The van der Waals surface area contributed by atoms with Crippen LogP contribution in [0, 0.1) is 0 Å². The molecule has 6 heteroatoms. The van der Waals surface area contributed by atoms with E-state index in [2.05, 4.69) is 10.0 Å². The second-order valence-electron chi connectivity index (χ2n) is 6.36. The zero-order valence-electron chi connectivity index (χ0n) is 14.7. The molecule has 0 heterocycles. The van der Waals surface area contributed by atoms with Gasteiger partial charge < -0.3 is 5.32 Å². The Hall–Kier alpha value is -2.18. The Kier molecular flexibility index (Phi) is 6.33. The summed E-state index contributed by atoms with van der Waals surface area (Å²) in [4.78, 5) is 12.4. The van der Waals surface area contributed by atoms with E-state index in [9.17, 15) is 13.2 Å². The minimum atomic E-state index is -3.52. The predicted molar refractivity (Wildman–Crippen MR) is 100 cm³/mol. The first-order valence-electron chi connectivity index (χ1n) is 8.25. The van der Waals surface area contributed by atoms with Gasteiger partial charge in [-0.05, 0) is 49.6 Å². The Morgan fingerprint density at radius 3 is 2.12 bits per heavy atom. The lowest BCUT2D eigenvalue weighted by atomic mass is 9.97. The molecule has 5 nitrogen and oxygen atoms in total. The van der Waals surface area contributed by atoms with Gasteiger partial charge in [-0.1, -0.05) is 37.3 Å². The van der Waals surface area contributed by atoms with Gasteiger partial charge in [0.25, 0.3) is 0 Å². The van der Waals surface area contributed by atoms with Crippen LogP contribution in [0.1, 0.15) is 38.7 Å². The number of carbonyl (C=O) groups excluding carboxylic acids is 1. The molecule has 2 rings (SSSR count). The van der Waals surface area contributed by atoms with Crippen molar-refractivity contribution in [2.75, 3.05) is 5.32 Å². The van der Waals surface area contributed by atoms with Gasteiger partial charge in [-0.2, -0.15) is 0 Å². The van der Waals surface area contributed by atoms with Gasteiger partial charge in [-0.25, -0.2) is 13.1 Å². The Balaban J connectivity index is 1.98. The fourth-order valence-corrected chi connectivity index (χ4v) is 3.74. The monoisotopic (exact) mass is 360 g/mol. The van der Waals surface area contributed by atoms with Gasteiger partial charge in [0.15, 0.2) is 0 Å². The van der Waals surface area contributed by atoms with Crippen molar-refractivity contribution in [2.45, 2.75) is 44.0 Å². The van der Waals surface area contributed by atoms with Crippen molar-refractivity contribution in [3.63, 3.8) is 0 Å². The van der Waals surface area contributed by atoms with E-state index < -0.39 is 10.0 Å². The van der Waals surface area contributed by atoms with Crippen molar-refractivity contribution in [3.05, 3.63) is 60.2 Å². The summed E-state index contributed by atoms with van der Waals surface area (Å²) >= 11 is 0. The van der Waals surface area contributed by atoms with Gasteiger partial charge in [0.2, 0.25) is 15.9 Å². The van der Waals surface area contributed by atoms with Gasteiger partial charge in [0, 0.05) is 18.2 Å². The molecule has 1 atom stereocenters. The van der Waals surface area contributed by atoms with Gasteiger partial charge in [-0.15, -0.1) is 0 Å². The molecular weight excluding hydrogens is 336 g/mol. The first kappa shape index (κ1) is 19.1. The van der Waals surface area contributed by atoms with Crippen LogP contribution in [0.15, 0.2) is 59.5 Å². The third-order valence-electron chi connectivity index (χ3n) is 3.70. The Bertz CT molecular complexity index is 800. The standard InChI is InChI=1S/C19H24N2O3S/c1-14(2)21-25(23,24)18-11-9-17(10-12-18)20-19(22)13-15(3)16-7-5-4-6-8-16/h4-12,14-15,21H,13H2,1-3H3,(H,20,22). The minimum absolute atomic E-state index is 0.104. The van der Waals surface area contributed by atoms with E-state index in [0.717, 1.165) is 5.56 Å². The number of hydrogen-bond donors (Lipinski definition) is 2. The highest BCUT2D eigenvalue weighted by Crippen LogP contribution is 2.20. The zero-order chi connectivity index (χ0) is 18.4. The van der Waals surface area contributed by atoms with Crippen LogP contribution in [0.3, 0.4) is 0 Å². The van der Waals surface area contributed by atoms with E-state index in [0.29, 0.717) is 12.1 Å². The Morgan fingerprint density at radius 1 is 0.960 bits per heavy atom. The van der Waals surface area contributed by atoms with Crippen LogP contribution in [0.25, 0.3) is 0 Å². The molecule has 0 aliphatic rings. The van der Waals surface area contributed by atoms with Crippen molar-refractivity contribution >= 4 is 21.6 Å². The summed E-state index contributed by atoms with van der Waals surface area (Å²) in [6, 6.07) is 15.8. The second-order valence-corrected chi connectivity index (χ2v) is 8.08. The van der Waals surface area contributed by atoms with Crippen molar-refractivity contribution in [3.8, 4) is 0 Å². The largest absolute Gasteiger partial charge is 0.326 e. The Morgan fingerprint density at radius 2 is 1.56 bits per heavy atom. The maximum atomic E-state index is 12.2. The third-order valence-corrected chi connectivity index (χ3v) is 5.37. The molecule has 2 N–H and O–H groups in total. The van der Waals surface area contributed by atoms with Crippen molar-refractivity contribution in [1.29, 1.82) is 0 Å². The molecule has 0 aromatic heterocycles. The normalized spacial score (nSPS) is 12.8. The van der Waals surface area contributed by atoms with E-state index >= 15 is 0 Å². The maximum absolute atomic E-state index is 12.2. The van der Waals surface area contributed by atoms with Gasteiger partial charge in [0.1, 0.15) is 0 Å². The molecule has 0 saturated heterocycles. The van der Waals surface area contributed by atoms with Crippen LogP contribution >= 0.6 is 0 Å². The average Bonchev–Trinajstić information content (AvgIpc) is 2.55. The number of nitrogens with one attached hydrogen (secondary N) is 2. The third kappa shape index (κ3) is 5.69. The number of hydrogen-bond acceptors (Lipinski definition) is 3. The average molecular weight is 360 g/mol. The number of sulfonamides is 1. The molecule has 1 amide bonds. The molecule has 1 unspecified atom stereocenters. The summed E-state index contributed by atoms with van der Waals surface area (Å²) < 4.78 is 26.7. The first-order chi connectivity index (χ1) is 11.8. The Labute approximate surface area is 149 Å².